The molecule has 1 saturated heterocycles. The van der Waals surface area contributed by atoms with E-state index >= 15 is 0 Å². The number of nitrogens with zero attached hydrogens (tertiary/aromatic N) is 2. The number of nitrogens with one attached hydrogen (secondary N) is 1. The molecule has 1 aromatic heterocycles. The van der Waals surface area contributed by atoms with Crippen LogP contribution in [-0.4, -0.2) is 49.0 Å². The van der Waals surface area contributed by atoms with Crippen molar-refractivity contribution >= 4 is 11.8 Å². The van der Waals surface area contributed by atoms with E-state index in [1.807, 2.05) is 0 Å². The van der Waals surface area contributed by atoms with Crippen LogP contribution in [-0.2, 0) is 16.1 Å². The van der Waals surface area contributed by atoms with Gasteiger partial charge < -0.3 is 9.47 Å². The first-order valence-electron chi connectivity index (χ1n) is 6.68. The molecule has 1 aliphatic heterocycles. The minimum atomic E-state index is -0.384. The van der Waals surface area contributed by atoms with Gasteiger partial charge in [-0.25, -0.2) is 0 Å². The van der Waals surface area contributed by atoms with E-state index in [1.54, 1.807) is 26.5 Å². The fraction of sp³-hybridized carbons (Fsp3) is 0.500. The van der Waals surface area contributed by atoms with Crippen LogP contribution >= 0.6 is 0 Å². The van der Waals surface area contributed by atoms with E-state index < -0.39 is 0 Å². The Hall–Kier alpha value is -2.15. The summed E-state index contributed by atoms with van der Waals surface area (Å²) in [6.45, 7) is 0.360. The summed E-state index contributed by atoms with van der Waals surface area (Å²) in [5, 5.41) is 3.12. The van der Waals surface area contributed by atoms with Crippen LogP contribution in [0, 0.1) is 0 Å². The van der Waals surface area contributed by atoms with Crippen molar-refractivity contribution < 1.29 is 19.1 Å². The maximum absolute atomic E-state index is 12.0. The molecule has 0 aromatic carbocycles. The van der Waals surface area contributed by atoms with E-state index in [2.05, 4.69) is 10.3 Å². The molecule has 1 unspecified atom stereocenters. The Balaban J connectivity index is 2.07. The fourth-order valence-corrected chi connectivity index (χ4v) is 2.30. The van der Waals surface area contributed by atoms with Crippen LogP contribution in [0.25, 0.3) is 0 Å². The third kappa shape index (κ3) is 3.13. The second kappa shape index (κ2) is 6.53. The molecule has 0 radical (unpaired) electrons. The van der Waals surface area contributed by atoms with Crippen LogP contribution in [0.2, 0.25) is 0 Å². The first-order valence-corrected chi connectivity index (χ1v) is 6.68. The number of carbonyl (C=O) groups excluding carboxylic acids is 2. The van der Waals surface area contributed by atoms with Crippen LogP contribution in [0.4, 0.5) is 0 Å². The number of hydrogen-bond donors (Lipinski definition) is 1. The molecular formula is C14H19N3O4. The van der Waals surface area contributed by atoms with Crippen LogP contribution < -0.4 is 14.8 Å². The zero-order chi connectivity index (χ0) is 15.4. The molecular weight excluding hydrogens is 274 g/mol. The Kier molecular flexibility index (Phi) is 4.74. The molecule has 1 N–H and O–H groups in total. The van der Waals surface area contributed by atoms with Crippen molar-refractivity contribution in [3.8, 4) is 11.5 Å². The van der Waals surface area contributed by atoms with Gasteiger partial charge in [0.05, 0.1) is 26.0 Å². The quantitative estimate of drug-likeness (QED) is 0.788. The lowest BCUT2D eigenvalue weighted by Gasteiger charge is -2.28. The predicted molar refractivity (Wildman–Crippen MR) is 75.0 cm³/mol. The van der Waals surface area contributed by atoms with E-state index in [0.717, 1.165) is 4.90 Å². The van der Waals surface area contributed by atoms with E-state index in [4.69, 9.17) is 9.47 Å². The largest absolute Gasteiger partial charge is 0.493 e. The molecule has 1 fully saturated rings. The SMILES string of the molecule is COc1ccnc(CNC2CCC(=O)N(C)C2=O)c1OC. The van der Waals surface area contributed by atoms with Crippen molar-refractivity contribution in [3.63, 3.8) is 0 Å². The van der Waals surface area contributed by atoms with Gasteiger partial charge >= 0.3 is 0 Å². The number of pyridine rings is 1. The number of piperidine rings is 1. The van der Waals surface area contributed by atoms with Gasteiger partial charge in [-0.3, -0.25) is 24.8 Å². The van der Waals surface area contributed by atoms with Gasteiger partial charge in [-0.1, -0.05) is 0 Å². The molecule has 2 amide bonds. The second-order valence-electron chi connectivity index (χ2n) is 4.76. The van der Waals surface area contributed by atoms with Gasteiger partial charge in [0.25, 0.3) is 0 Å². The van der Waals surface area contributed by atoms with Crippen LogP contribution in [0.15, 0.2) is 12.3 Å². The number of imide groups is 1. The van der Waals surface area contributed by atoms with Crippen LogP contribution in [0.5, 0.6) is 11.5 Å². The number of likely N-dealkylation sites (N-methyl/N-ethyl adjacent to an activating group) is 1. The summed E-state index contributed by atoms with van der Waals surface area (Å²) in [6, 6.07) is 1.32. The van der Waals surface area contributed by atoms with Gasteiger partial charge in [0.15, 0.2) is 11.5 Å². The summed E-state index contributed by atoms with van der Waals surface area (Å²) in [6.07, 6.45) is 2.48. The molecule has 7 heteroatoms. The van der Waals surface area contributed by atoms with Gasteiger partial charge in [0, 0.05) is 32.3 Å². The Morgan fingerprint density at radius 1 is 1.38 bits per heavy atom. The fourth-order valence-electron chi connectivity index (χ4n) is 2.30. The minimum Gasteiger partial charge on any atom is -0.493 e. The molecule has 2 rings (SSSR count). The van der Waals surface area contributed by atoms with E-state index in [-0.39, 0.29) is 17.9 Å². The Morgan fingerprint density at radius 3 is 2.81 bits per heavy atom. The van der Waals surface area contributed by atoms with Crippen molar-refractivity contribution in [3.05, 3.63) is 18.0 Å². The number of hydrogen-bond acceptors (Lipinski definition) is 6. The number of rotatable bonds is 5. The Bertz CT molecular complexity index is 547. The molecule has 114 valence electrons. The number of carbonyl (C=O) groups is 2. The zero-order valence-electron chi connectivity index (χ0n) is 12.4. The molecule has 0 saturated carbocycles. The van der Waals surface area contributed by atoms with Crippen molar-refractivity contribution in [2.75, 3.05) is 21.3 Å². The molecule has 1 aromatic rings. The van der Waals surface area contributed by atoms with Crippen LogP contribution in [0.3, 0.4) is 0 Å². The average molecular weight is 293 g/mol. The van der Waals surface area contributed by atoms with E-state index in [1.165, 1.54) is 7.05 Å². The van der Waals surface area contributed by atoms with E-state index in [9.17, 15) is 9.59 Å². The molecule has 2 heterocycles. The maximum Gasteiger partial charge on any atom is 0.246 e. The third-order valence-corrected chi connectivity index (χ3v) is 3.53. The second-order valence-corrected chi connectivity index (χ2v) is 4.76. The lowest BCUT2D eigenvalue weighted by molar-refractivity contribution is -0.148. The highest BCUT2D eigenvalue weighted by molar-refractivity contribution is 6.00. The summed E-state index contributed by atoms with van der Waals surface area (Å²) in [7, 11) is 4.60. The highest BCUT2D eigenvalue weighted by Gasteiger charge is 2.31. The Labute approximate surface area is 123 Å². The lowest BCUT2D eigenvalue weighted by Crippen LogP contribution is -2.51. The molecule has 21 heavy (non-hydrogen) atoms. The predicted octanol–water partition coefficient (Wildman–Crippen LogP) is 0.336. The first-order chi connectivity index (χ1) is 10.1. The third-order valence-electron chi connectivity index (χ3n) is 3.53. The standard InChI is InChI=1S/C14H19N3O4/c1-17-12(18)5-4-9(14(17)19)16-8-10-13(21-3)11(20-2)6-7-15-10/h6-7,9,16H,4-5,8H2,1-3H3. The van der Waals surface area contributed by atoms with Gasteiger partial charge in [0.2, 0.25) is 11.8 Å². The topological polar surface area (TPSA) is 80.8 Å². The number of ether oxygens (including phenoxy) is 2. The minimum absolute atomic E-state index is 0.143. The lowest BCUT2D eigenvalue weighted by atomic mass is 10.0. The maximum atomic E-state index is 12.0. The molecule has 7 nitrogen and oxygen atoms in total. The van der Waals surface area contributed by atoms with Gasteiger partial charge in [0.1, 0.15) is 0 Å². The number of amides is 2. The molecule has 1 atom stereocenters. The van der Waals surface area contributed by atoms with Crippen molar-refractivity contribution in [1.29, 1.82) is 0 Å². The van der Waals surface area contributed by atoms with Crippen molar-refractivity contribution in [1.82, 2.24) is 15.2 Å². The summed E-state index contributed by atoms with van der Waals surface area (Å²) in [4.78, 5) is 28.8. The van der Waals surface area contributed by atoms with Gasteiger partial charge in [-0.2, -0.15) is 0 Å². The van der Waals surface area contributed by atoms with Gasteiger partial charge in [-0.15, -0.1) is 0 Å². The van der Waals surface area contributed by atoms with E-state index in [0.29, 0.717) is 36.6 Å². The van der Waals surface area contributed by atoms with Crippen molar-refractivity contribution in [2.45, 2.75) is 25.4 Å². The summed E-state index contributed by atoms with van der Waals surface area (Å²) in [5.41, 5.74) is 0.657. The normalized spacial score (nSPS) is 18.8. The van der Waals surface area contributed by atoms with Gasteiger partial charge in [-0.05, 0) is 6.42 Å². The molecule has 0 spiro atoms. The highest BCUT2D eigenvalue weighted by Crippen LogP contribution is 2.29. The summed E-state index contributed by atoms with van der Waals surface area (Å²) < 4.78 is 10.5. The smallest absolute Gasteiger partial charge is 0.246 e. The number of likely N-dealkylation sites (tertiary alicyclic amines) is 1. The number of methoxy groups -OCH3 is 2. The molecule has 1 aliphatic rings. The zero-order valence-corrected chi connectivity index (χ0v) is 12.4. The molecule has 0 bridgehead atoms. The van der Waals surface area contributed by atoms with Crippen molar-refractivity contribution in [2.24, 2.45) is 0 Å². The molecule has 0 aliphatic carbocycles. The first kappa shape index (κ1) is 15.2. The monoisotopic (exact) mass is 293 g/mol. The summed E-state index contributed by atoms with van der Waals surface area (Å²) >= 11 is 0. The number of aromatic nitrogens is 1. The highest BCUT2D eigenvalue weighted by atomic mass is 16.5. The Morgan fingerprint density at radius 2 is 2.14 bits per heavy atom. The average Bonchev–Trinajstić information content (AvgIpc) is 2.51. The summed E-state index contributed by atoms with van der Waals surface area (Å²) in [5.74, 6) is 0.773. The van der Waals surface area contributed by atoms with Crippen LogP contribution in [0.1, 0.15) is 18.5 Å².